The molecule has 2 atom stereocenters. The van der Waals surface area contributed by atoms with Crippen molar-refractivity contribution in [1.82, 2.24) is 4.90 Å². The summed E-state index contributed by atoms with van der Waals surface area (Å²) in [6.07, 6.45) is 1.82. The van der Waals surface area contributed by atoms with E-state index in [1.807, 2.05) is 30.3 Å². The maximum atomic E-state index is 11.5. The van der Waals surface area contributed by atoms with Crippen molar-refractivity contribution >= 4 is 33.0 Å². The number of hydrogen-bond acceptors (Lipinski definition) is 6. The Hall–Kier alpha value is -2.92. The normalized spacial score (nSPS) is 21.0. The van der Waals surface area contributed by atoms with Gasteiger partial charge in [0.1, 0.15) is 0 Å². The maximum absolute atomic E-state index is 11.5. The Bertz CT molecular complexity index is 1230. The lowest BCUT2D eigenvalue weighted by molar-refractivity contribution is 0.0255. The average molecular weight is 461 g/mol. The number of ether oxygens (including phenoxy) is 1. The molecule has 2 N–H and O–H groups in total. The largest absolute Gasteiger partial charge is 0.373 e. The van der Waals surface area contributed by atoms with Crippen LogP contribution in [0.4, 0.5) is 5.69 Å². The van der Waals surface area contributed by atoms with Gasteiger partial charge in [-0.15, -0.1) is 11.3 Å². The first kappa shape index (κ1) is 21.9. The number of amides is 1. The number of piperazine rings is 1. The van der Waals surface area contributed by atoms with E-state index < -0.39 is 0 Å². The molecule has 0 radical (unpaired) electrons. The number of benzene rings is 2. The number of hydrogen-bond donors (Lipinski definition) is 1. The number of nitrogens with zero attached hydrogens (tertiary/aromatic N) is 3. The molecule has 0 unspecified atom stereocenters. The van der Waals surface area contributed by atoms with Gasteiger partial charge < -0.3 is 15.4 Å². The monoisotopic (exact) mass is 460 g/mol. The molecular weight excluding hydrogens is 432 g/mol. The molecule has 0 aliphatic carbocycles. The molecule has 1 aromatic heterocycles. The van der Waals surface area contributed by atoms with Crippen LogP contribution in [0.3, 0.4) is 0 Å². The highest BCUT2D eigenvalue weighted by Crippen LogP contribution is 2.35. The van der Waals surface area contributed by atoms with Gasteiger partial charge in [0.15, 0.2) is 0 Å². The summed E-state index contributed by atoms with van der Waals surface area (Å²) in [7, 11) is 0. The summed E-state index contributed by atoms with van der Waals surface area (Å²) >= 11 is 1.74. The molecular formula is C26H28N4O2S. The number of thiophene rings is 1. The zero-order valence-electron chi connectivity index (χ0n) is 18.8. The van der Waals surface area contributed by atoms with E-state index in [0.29, 0.717) is 23.8 Å². The third kappa shape index (κ3) is 4.34. The molecule has 3 heterocycles. The van der Waals surface area contributed by atoms with Crippen molar-refractivity contribution in [2.24, 2.45) is 5.73 Å². The fourth-order valence-electron chi connectivity index (χ4n) is 5.09. The number of primary amides is 1. The van der Waals surface area contributed by atoms with Crippen molar-refractivity contribution < 1.29 is 9.53 Å². The first-order valence-electron chi connectivity index (χ1n) is 11.5. The van der Waals surface area contributed by atoms with Crippen LogP contribution in [0.15, 0.2) is 41.8 Å². The van der Waals surface area contributed by atoms with E-state index in [1.165, 1.54) is 26.9 Å². The number of anilines is 1. The molecule has 0 spiro atoms. The van der Waals surface area contributed by atoms with Gasteiger partial charge in [-0.05, 0) is 61.2 Å². The summed E-state index contributed by atoms with van der Waals surface area (Å²) in [5.41, 5.74) is 10.3. The second kappa shape index (κ2) is 9.14. The van der Waals surface area contributed by atoms with Crippen molar-refractivity contribution in [1.29, 1.82) is 5.26 Å². The van der Waals surface area contributed by atoms with Crippen molar-refractivity contribution in [3.63, 3.8) is 0 Å². The summed E-state index contributed by atoms with van der Waals surface area (Å²) in [6, 6.07) is 14.4. The van der Waals surface area contributed by atoms with E-state index in [1.54, 1.807) is 11.3 Å². The van der Waals surface area contributed by atoms with Crippen LogP contribution in [0.5, 0.6) is 0 Å². The highest BCUT2D eigenvalue weighted by atomic mass is 32.1. The molecule has 3 aromatic rings. The number of rotatable bonds is 5. The van der Waals surface area contributed by atoms with E-state index in [4.69, 9.17) is 10.5 Å². The first-order valence-corrected chi connectivity index (χ1v) is 12.4. The van der Waals surface area contributed by atoms with Crippen LogP contribution in [0.1, 0.15) is 46.5 Å². The van der Waals surface area contributed by atoms with Crippen LogP contribution < -0.4 is 10.6 Å². The number of carbonyl (C=O) groups excluding carboxylic acids is 1. The van der Waals surface area contributed by atoms with Gasteiger partial charge in [0.25, 0.3) is 0 Å². The highest BCUT2D eigenvalue weighted by molar-refractivity contribution is 7.17. The van der Waals surface area contributed by atoms with Crippen LogP contribution in [0, 0.1) is 11.3 Å². The molecule has 7 heteroatoms. The molecule has 1 amide bonds. The second-order valence-electron chi connectivity index (χ2n) is 8.95. The quantitative estimate of drug-likeness (QED) is 0.620. The van der Waals surface area contributed by atoms with E-state index in [0.717, 1.165) is 39.0 Å². The summed E-state index contributed by atoms with van der Waals surface area (Å²) in [5, 5.41) is 12.7. The Balaban J connectivity index is 1.24. The van der Waals surface area contributed by atoms with Crippen LogP contribution in [0.25, 0.3) is 10.1 Å². The van der Waals surface area contributed by atoms with E-state index in [2.05, 4.69) is 34.2 Å². The Morgan fingerprint density at radius 2 is 2.15 bits per heavy atom. The van der Waals surface area contributed by atoms with Crippen LogP contribution in [0.2, 0.25) is 0 Å². The molecule has 0 bridgehead atoms. The Morgan fingerprint density at radius 3 is 2.94 bits per heavy atom. The Morgan fingerprint density at radius 1 is 1.27 bits per heavy atom. The van der Waals surface area contributed by atoms with Gasteiger partial charge in [-0.25, -0.2) is 0 Å². The molecule has 5 rings (SSSR count). The second-order valence-corrected chi connectivity index (χ2v) is 9.86. The maximum Gasteiger partial charge on any atom is 0.248 e. The molecule has 170 valence electrons. The summed E-state index contributed by atoms with van der Waals surface area (Å²) in [6.45, 7) is 6.87. The predicted molar refractivity (Wildman–Crippen MR) is 132 cm³/mol. The smallest absolute Gasteiger partial charge is 0.248 e. The van der Waals surface area contributed by atoms with Crippen molar-refractivity contribution in [3.8, 4) is 6.07 Å². The molecule has 2 aliphatic rings. The van der Waals surface area contributed by atoms with Gasteiger partial charge in [0.2, 0.25) is 5.91 Å². The molecule has 6 nitrogen and oxygen atoms in total. The molecule has 2 aromatic carbocycles. The summed E-state index contributed by atoms with van der Waals surface area (Å²) in [4.78, 5) is 16.5. The lowest BCUT2D eigenvalue weighted by Gasteiger charge is -2.41. The fraction of sp³-hybridized carbons (Fsp3) is 0.385. The standard InChI is InChI=1S/C26H28N4O2S/c1-17-15-30(23-16-33-25-5-2-18(14-27)12-22(23)25)10-9-29(17)8-6-24-21-4-3-20(26(28)31)13-19(21)7-11-32-24/h2-5,12-13,16-17,24H,6-11,15H2,1H3,(H2,28,31)/t17-,24+/m1/s1. The Kier molecular flexibility index (Phi) is 6.07. The van der Waals surface area contributed by atoms with Crippen LogP contribution >= 0.6 is 11.3 Å². The zero-order chi connectivity index (χ0) is 22.9. The molecule has 1 fully saturated rings. The fourth-order valence-corrected chi connectivity index (χ4v) is 6.04. The third-order valence-corrected chi connectivity index (χ3v) is 7.88. The summed E-state index contributed by atoms with van der Waals surface area (Å²) < 4.78 is 7.33. The van der Waals surface area contributed by atoms with Crippen LogP contribution in [-0.4, -0.2) is 49.6 Å². The van der Waals surface area contributed by atoms with Gasteiger partial charge in [0.05, 0.1) is 30.0 Å². The Labute approximate surface area is 198 Å². The highest BCUT2D eigenvalue weighted by Gasteiger charge is 2.28. The first-order chi connectivity index (χ1) is 16.0. The van der Waals surface area contributed by atoms with Gasteiger partial charge >= 0.3 is 0 Å². The third-order valence-electron chi connectivity index (χ3n) is 6.93. The van der Waals surface area contributed by atoms with Crippen molar-refractivity contribution in [2.75, 3.05) is 37.7 Å². The lowest BCUT2D eigenvalue weighted by atomic mass is 9.93. The van der Waals surface area contributed by atoms with E-state index in [-0.39, 0.29) is 12.0 Å². The number of nitriles is 1. The number of fused-ring (bicyclic) bond motifs is 2. The summed E-state index contributed by atoms with van der Waals surface area (Å²) in [5.74, 6) is -0.380. The van der Waals surface area contributed by atoms with Gasteiger partial charge in [0, 0.05) is 53.3 Å². The van der Waals surface area contributed by atoms with Gasteiger partial charge in [-0.1, -0.05) is 6.07 Å². The van der Waals surface area contributed by atoms with Crippen LogP contribution in [-0.2, 0) is 11.2 Å². The van der Waals surface area contributed by atoms with E-state index >= 15 is 0 Å². The predicted octanol–water partition coefficient (Wildman–Crippen LogP) is 4.09. The molecule has 33 heavy (non-hydrogen) atoms. The lowest BCUT2D eigenvalue weighted by Crippen LogP contribution is -2.52. The molecule has 2 aliphatic heterocycles. The topological polar surface area (TPSA) is 82.6 Å². The zero-order valence-corrected chi connectivity index (χ0v) is 19.6. The SMILES string of the molecule is C[C@@H]1CN(c2csc3ccc(C#N)cc23)CCN1CC[C@@H]1OCCc2cc(C(N)=O)ccc21. The molecule has 1 saturated heterocycles. The van der Waals surface area contributed by atoms with E-state index in [9.17, 15) is 10.1 Å². The minimum Gasteiger partial charge on any atom is -0.373 e. The minimum absolute atomic E-state index is 0.0612. The van der Waals surface area contributed by atoms with Gasteiger partial charge in [-0.3, -0.25) is 9.69 Å². The van der Waals surface area contributed by atoms with Crippen molar-refractivity contribution in [3.05, 3.63) is 64.0 Å². The molecule has 0 saturated carbocycles. The minimum atomic E-state index is -0.380. The van der Waals surface area contributed by atoms with Gasteiger partial charge in [-0.2, -0.15) is 5.26 Å². The number of nitrogens with two attached hydrogens (primary N) is 1. The average Bonchev–Trinajstić information content (AvgIpc) is 3.26. The van der Waals surface area contributed by atoms with Crippen molar-refractivity contribution in [2.45, 2.75) is 31.9 Å². The number of carbonyl (C=O) groups is 1.